The molecular weight excluding hydrogens is 835 g/mol. The number of alkyl halides is 2. The molecule has 14 nitrogen and oxygen atoms in total. The molecule has 3 aromatic carbocycles. The maximum atomic E-state index is 16.7. The fourth-order valence-electron chi connectivity index (χ4n) is 11.0. The third-order valence-corrected chi connectivity index (χ3v) is 14.7. The topological polar surface area (TPSA) is 175 Å². The molecule has 340 valence electrons. The van der Waals surface area contributed by atoms with Gasteiger partial charge in [0.05, 0.1) is 49.2 Å². The summed E-state index contributed by atoms with van der Waals surface area (Å²) >= 11 is 0. The van der Waals surface area contributed by atoms with Gasteiger partial charge in [-0.15, -0.1) is 0 Å². The van der Waals surface area contributed by atoms with Crippen molar-refractivity contribution in [3.63, 3.8) is 0 Å². The number of benzene rings is 3. The van der Waals surface area contributed by atoms with Crippen LogP contribution in [0.5, 0.6) is 0 Å². The van der Waals surface area contributed by atoms with E-state index in [1.54, 1.807) is 29.3 Å². The number of hydrogen-bond donors (Lipinski definition) is 4. The molecule has 2 bridgehead atoms. The Morgan fingerprint density at radius 2 is 1.40 bits per heavy atom. The monoisotopic (exact) mass is 888 g/mol. The van der Waals surface area contributed by atoms with Crippen molar-refractivity contribution in [2.45, 2.75) is 102 Å². The summed E-state index contributed by atoms with van der Waals surface area (Å²) in [6.45, 7) is 8.09. The summed E-state index contributed by atoms with van der Waals surface area (Å²) in [7, 11) is 2.54. The van der Waals surface area contributed by atoms with E-state index >= 15 is 8.78 Å². The summed E-state index contributed by atoms with van der Waals surface area (Å²) in [5.74, 6) is -2.53. The molecule has 4 amide bonds. The fourth-order valence-corrected chi connectivity index (χ4v) is 11.0. The van der Waals surface area contributed by atoms with Crippen molar-refractivity contribution in [3.8, 4) is 33.5 Å². The van der Waals surface area contributed by atoms with Crippen molar-refractivity contribution in [2.75, 3.05) is 20.8 Å². The molecule has 3 aliphatic carbocycles. The Labute approximate surface area is 375 Å². The molecule has 4 heterocycles. The Bertz CT molecular complexity index is 2740. The van der Waals surface area contributed by atoms with Gasteiger partial charge >= 0.3 is 12.2 Å². The van der Waals surface area contributed by atoms with Gasteiger partial charge in [-0.3, -0.25) is 9.59 Å². The first-order valence-electron chi connectivity index (χ1n) is 22.6. The summed E-state index contributed by atoms with van der Waals surface area (Å²) < 4.78 is 43.0. The zero-order chi connectivity index (χ0) is 45.7. The number of imidazole rings is 2. The number of amides is 4. The molecule has 16 heteroatoms. The Morgan fingerprint density at radius 1 is 0.785 bits per heavy atom. The lowest BCUT2D eigenvalue weighted by molar-refractivity contribution is -0.139. The van der Waals surface area contributed by atoms with Gasteiger partial charge in [-0.05, 0) is 108 Å². The number of carbonyl (C=O) groups excluding carboxylic acids is 4. The molecule has 65 heavy (non-hydrogen) atoms. The first-order valence-corrected chi connectivity index (χ1v) is 22.6. The number of nitrogens with one attached hydrogen (secondary N) is 4. The number of likely N-dealkylation sites (tertiary alicyclic amines) is 2. The number of aromatic nitrogens is 4. The van der Waals surface area contributed by atoms with E-state index in [0.717, 1.165) is 49.6 Å². The van der Waals surface area contributed by atoms with Crippen LogP contribution in [-0.2, 0) is 25.0 Å². The first kappa shape index (κ1) is 42.6. The highest BCUT2D eigenvalue weighted by atomic mass is 19.3. The number of carbonyl (C=O) groups is 4. The number of ether oxygens (including phenoxy) is 2. The van der Waals surface area contributed by atoms with E-state index in [-0.39, 0.29) is 64.2 Å². The number of hydrogen-bond acceptors (Lipinski definition) is 8. The van der Waals surface area contributed by atoms with Gasteiger partial charge in [0.1, 0.15) is 23.7 Å². The van der Waals surface area contributed by atoms with Gasteiger partial charge in [-0.1, -0.05) is 58.0 Å². The molecule has 2 saturated carbocycles. The van der Waals surface area contributed by atoms with Crippen molar-refractivity contribution >= 4 is 35.0 Å². The number of alkyl carbamates (subject to hydrolysis) is 2. The maximum Gasteiger partial charge on any atom is 0.407 e. The van der Waals surface area contributed by atoms with Gasteiger partial charge in [0.2, 0.25) is 11.8 Å². The fraction of sp³-hybridized carbons (Fsp3) is 0.469. The summed E-state index contributed by atoms with van der Waals surface area (Å²) in [6.07, 6.45) is 5.75. The van der Waals surface area contributed by atoms with E-state index in [9.17, 15) is 19.2 Å². The Hall–Kier alpha value is -6.32. The Kier molecular flexibility index (Phi) is 10.3. The highest BCUT2D eigenvalue weighted by molar-refractivity contribution is 5.89. The minimum absolute atomic E-state index is 0.0102. The van der Waals surface area contributed by atoms with E-state index in [1.807, 2.05) is 62.9 Å². The third-order valence-electron chi connectivity index (χ3n) is 14.7. The summed E-state index contributed by atoms with van der Waals surface area (Å²) in [5.41, 5.74) is 4.68. The van der Waals surface area contributed by atoms with Crippen LogP contribution in [0.2, 0.25) is 0 Å². The van der Waals surface area contributed by atoms with Crippen molar-refractivity contribution in [2.24, 2.45) is 23.2 Å². The number of H-pyrrole nitrogens is 2. The maximum absolute atomic E-state index is 16.7. The zero-order valence-electron chi connectivity index (χ0n) is 37.3. The molecule has 5 aromatic rings. The molecule has 4 N–H and O–H groups in total. The largest absolute Gasteiger partial charge is 0.453 e. The number of piperidine rings is 1. The van der Waals surface area contributed by atoms with Crippen LogP contribution in [-0.4, -0.2) is 92.6 Å². The highest BCUT2D eigenvalue weighted by Crippen LogP contribution is 2.59. The molecule has 1 spiro atoms. The first-order chi connectivity index (χ1) is 31.1. The van der Waals surface area contributed by atoms with Crippen molar-refractivity contribution < 1.29 is 37.4 Å². The van der Waals surface area contributed by atoms with Crippen molar-refractivity contribution in [3.05, 3.63) is 83.6 Å². The van der Waals surface area contributed by atoms with Crippen LogP contribution < -0.4 is 10.6 Å². The van der Waals surface area contributed by atoms with Crippen LogP contribution in [0.3, 0.4) is 0 Å². The quantitative estimate of drug-likeness (QED) is 0.108. The molecule has 2 aromatic heterocycles. The van der Waals surface area contributed by atoms with Crippen molar-refractivity contribution in [1.82, 2.24) is 40.4 Å². The Balaban J connectivity index is 0.896. The summed E-state index contributed by atoms with van der Waals surface area (Å²) in [5, 5.41) is 5.43. The van der Waals surface area contributed by atoms with Crippen LogP contribution in [0.1, 0.15) is 101 Å². The second-order valence-corrected chi connectivity index (χ2v) is 19.4. The standard InChI is InChI=1S/C49H54F2N8O6/c1-24(2)39(56-46(62)64-5)44(60)58-23-48(15-16-48)21-38(58)42-52-22-37(55-42)28-9-13-32-31-12-8-26(18-33(31)49(50,51)34(32)19-28)27-10-14-35-36(20-27)54-43(53-35)41-29-7-11-30(17-29)59(41)45(61)40(25(3)4)57-47(63)65-6/h8-10,12-14,18-20,22,24-25,29-30,38-41H,7,11,15-17,21,23H2,1-6H3,(H,52,55)(H,53,54)(H,56,62)(H,57,63)/t29-,30+,38-,39+,40?,41-/m0/s1. The molecular formula is C49H54F2N8O6. The average molecular weight is 889 g/mol. The minimum atomic E-state index is -3.29. The predicted molar refractivity (Wildman–Crippen MR) is 237 cm³/mol. The van der Waals surface area contributed by atoms with E-state index in [0.29, 0.717) is 51.7 Å². The number of nitrogens with zero attached hydrogens (tertiary/aromatic N) is 4. The van der Waals surface area contributed by atoms with Gasteiger partial charge in [0, 0.05) is 29.3 Å². The molecule has 1 unspecified atom stereocenters. The van der Waals surface area contributed by atoms with Crippen LogP contribution in [0.4, 0.5) is 18.4 Å². The molecule has 10 rings (SSSR count). The van der Waals surface area contributed by atoms with Gasteiger partial charge in [-0.2, -0.15) is 8.78 Å². The smallest absolute Gasteiger partial charge is 0.407 e. The number of halogens is 2. The highest BCUT2D eigenvalue weighted by Gasteiger charge is 2.56. The molecule has 0 radical (unpaired) electrons. The predicted octanol–water partition coefficient (Wildman–Crippen LogP) is 8.61. The van der Waals surface area contributed by atoms with Gasteiger partial charge in [0.15, 0.2) is 0 Å². The van der Waals surface area contributed by atoms with E-state index < -0.39 is 30.2 Å². The summed E-state index contributed by atoms with van der Waals surface area (Å²) in [4.78, 5) is 72.6. The van der Waals surface area contributed by atoms with Gasteiger partial charge in [0.25, 0.3) is 5.92 Å². The van der Waals surface area contributed by atoms with E-state index in [2.05, 4.69) is 20.6 Å². The molecule has 2 saturated heterocycles. The second-order valence-electron chi connectivity index (χ2n) is 19.4. The lowest BCUT2D eigenvalue weighted by atomic mass is 9.95. The molecule has 2 aliphatic heterocycles. The van der Waals surface area contributed by atoms with Crippen LogP contribution in [0, 0.1) is 23.2 Å². The van der Waals surface area contributed by atoms with Gasteiger partial charge in [-0.25, -0.2) is 19.6 Å². The SMILES string of the molecule is COC(=O)NC(C(=O)N1[C@@H]2CC[C@@H](C2)[C@H]1c1nc2ccc(-c3ccc4c(c3)C(F)(F)c3cc(-c5cnc([C@@H]6CC7(CC7)CN6C(=O)[C@H](NC(=O)OC)C(C)C)[nH]5)ccc3-4)cc2[nH]1)C(C)C. The van der Waals surface area contributed by atoms with Crippen LogP contribution >= 0.6 is 0 Å². The van der Waals surface area contributed by atoms with Crippen LogP contribution in [0.15, 0.2) is 60.8 Å². The lowest BCUT2D eigenvalue weighted by Gasteiger charge is -2.37. The summed E-state index contributed by atoms with van der Waals surface area (Å²) in [6, 6.07) is 13.8. The van der Waals surface area contributed by atoms with E-state index in [4.69, 9.17) is 19.4 Å². The molecule has 4 fully saturated rings. The minimum Gasteiger partial charge on any atom is -0.453 e. The number of methoxy groups -OCH3 is 2. The average Bonchev–Trinajstić information content (AvgIpc) is 3.95. The van der Waals surface area contributed by atoms with Crippen molar-refractivity contribution in [1.29, 1.82) is 0 Å². The molecule has 6 atom stereocenters. The normalized spacial score (nSPS) is 22.9. The third kappa shape index (κ3) is 7.19. The molecule has 5 aliphatic rings. The number of aromatic amines is 2. The second kappa shape index (κ2) is 15.7. The Morgan fingerprint density at radius 3 is 2.05 bits per heavy atom. The van der Waals surface area contributed by atoms with Gasteiger partial charge < -0.3 is 39.9 Å². The zero-order valence-corrected chi connectivity index (χ0v) is 37.3. The van der Waals surface area contributed by atoms with Crippen LogP contribution in [0.25, 0.3) is 44.5 Å². The number of fused-ring (bicyclic) bond motifs is 6. The lowest BCUT2D eigenvalue weighted by Crippen LogP contribution is -2.54. The number of rotatable bonds is 10. The van der Waals surface area contributed by atoms with E-state index in [1.165, 1.54) is 20.3 Å².